The van der Waals surface area contributed by atoms with Crippen LogP contribution < -0.4 is 5.32 Å². The third kappa shape index (κ3) is 9.59. The molecule has 17 nitrogen and oxygen atoms in total. The van der Waals surface area contributed by atoms with Gasteiger partial charge in [-0.3, -0.25) is 28.8 Å². The lowest BCUT2D eigenvalue weighted by atomic mass is 9.94. The van der Waals surface area contributed by atoms with Gasteiger partial charge in [-0.05, 0) is 0 Å². The zero-order chi connectivity index (χ0) is 31.7. The highest BCUT2D eigenvalue weighted by molar-refractivity contribution is 5.73. The highest BCUT2D eigenvalue weighted by Gasteiger charge is 2.56. The minimum atomic E-state index is -1.69. The van der Waals surface area contributed by atoms with Crippen LogP contribution in [0.3, 0.4) is 0 Å². The van der Waals surface area contributed by atoms with Crippen molar-refractivity contribution in [2.24, 2.45) is 0 Å². The molecule has 2 saturated heterocycles. The van der Waals surface area contributed by atoms with Crippen molar-refractivity contribution < 1.29 is 76.5 Å². The Labute approximate surface area is 241 Å². The molecule has 0 aromatic rings. The minimum Gasteiger partial charge on any atom is -0.463 e. The first-order valence-electron chi connectivity index (χ1n) is 12.9. The fraction of sp³-hybridized carbons (Fsp3) is 0.760. The van der Waals surface area contributed by atoms with Gasteiger partial charge in [0.05, 0.1) is 6.61 Å². The average Bonchev–Trinajstić information content (AvgIpc) is 2.86. The van der Waals surface area contributed by atoms with E-state index in [0.29, 0.717) is 0 Å². The van der Waals surface area contributed by atoms with Crippen molar-refractivity contribution in [1.29, 1.82) is 0 Å². The standard InChI is InChI=1S/C25H37NO16/c1-10(28)26-18-21(37-13(4)31)20(17(9-35-11(2)29)41-24(18)34-7)42-25-23(39-15(6)33)22(38-14(5)32)19(36-12(3)30)16(8-27)40-25/h16-25,27H,8-9H2,1-7H3,(H,26,28)/t16-,17-,18-,19+,20-,21-,22+,23-,24-,25+/m1/s1. The van der Waals surface area contributed by atoms with Crippen molar-refractivity contribution in [2.75, 3.05) is 20.3 Å². The van der Waals surface area contributed by atoms with Crippen LogP contribution in [0, 0.1) is 0 Å². The number of rotatable bonds is 11. The van der Waals surface area contributed by atoms with Crippen LogP contribution in [-0.4, -0.2) is 123 Å². The van der Waals surface area contributed by atoms with Gasteiger partial charge < -0.3 is 53.1 Å². The van der Waals surface area contributed by atoms with Gasteiger partial charge in [-0.25, -0.2) is 0 Å². The second-order valence-electron chi connectivity index (χ2n) is 9.43. The molecule has 2 rings (SSSR count). The maximum absolute atomic E-state index is 12.2. The molecule has 238 valence electrons. The molecule has 2 aliphatic heterocycles. The van der Waals surface area contributed by atoms with E-state index in [1.807, 2.05) is 0 Å². The van der Waals surface area contributed by atoms with Crippen molar-refractivity contribution in [2.45, 2.75) is 103 Å². The van der Waals surface area contributed by atoms with E-state index >= 15 is 0 Å². The molecule has 0 aliphatic carbocycles. The monoisotopic (exact) mass is 607 g/mol. The Kier molecular flexibility index (Phi) is 13.0. The third-order valence-corrected chi connectivity index (χ3v) is 5.97. The molecular formula is C25H37NO16. The van der Waals surface area contributed by atoms with Gasteiger partial charge in [0.25, 0.3) is 0 Å². The summed E-state index contributed by atoms with van der Waals surface area (Å²) in [5.41, 5.74) is 0. The van der Waals surface area contributed by atoms with Gasteiger partial charge in [0.2, 0.25) is 5.91 Å². The molecule has 1 amide bonds. The molecule has 0 saturated carbocycles. The summed E-state index contributed by atoms with van der Waals surface area (Å²) in [6.45, 7) is 5.38. The van der Waals surface area contributed by atoms with E-state index in [9.17, 15) is 33.9 Å². The zero-order valence-electron chi connectivity index (χ0n) is 24.3. The number of aliphatic hydroxyl groups excluding tert-OH is 1. The molecule has 17 heteroatoms. The van der Waals surface area contributed by atoms with Gasteiger partial charge in [0.1, 0.15) is 31.0 Å². The molecule has 2 fully saturated rings. The maximum Gasteiger partial charge on any atom is 0.303 e. The van der Waals surface area contributed by atoms with Gasteiger partial charge in [-0.1, -0.05) is 0 Å². The fourth-order valence-electron chi connectivity index (χ4n) is 4.59. The number of aliphatic hydroxyl groups is 1. The molecule has 10 atom stereocenters. The first kappa shape index (κ1) is 34.8. The Morgan fingerprint density at radius 2 is 1.14 bits per heavy atom. The molecule has 0 spiro atoms. The van der Waals surface area contributed by atoms with E-state index in [1.165, 1.54) is 14.0 Å². The summed E-state index contributed by atoms with van der Waals surface area (Å²) in [5.74, 6) is -4.58. The van der Waals surface area contributed by atoms with E-state index in [4.69, 9.17) is 42.6 Å². The van der Waals surface area contributed by atoms with Crippen LogP contribution in [0.5, 0.6) is 0 Å². The molecule has 2 aliphatic rings. The number of carbonyl (C=O) groups is 6. The molecule has 0 unspecified atom stereocenters. The average molecular weight is 608 g/mol. The number of ether oxygens (including phenoxy) is 9. The predicted molar refractivity (Wildman–Crippen MR) is 133 cm³/mol. The van der Waals surface area contributed by atoms with Crippen LogP contribution in [-0.2, 0) is 71.4 Å². The lowest BCUT2D eigenvalue weighted by Gasteiger charge is -2.49. The van der Waals surface area contributed by atoms with Gasteiger partial charge >= 0.3 is 29.8 Å². The van der Waals surface area contributed by atoms with Crippen molar-refractivity contribution in [1.82, 2.24) is 5.32 Å². The van der Waals surface area contributed by atoms with E-state index in [1.54, 1.807) is 0 Å². The minimum absolute atomic E-state index is 0.456. The second kappa shape index (κ2) is 15.7. The summed E-state index contributed by atoms with van der Waals surface area (Å²) in [4.78, 5) is 71.9. The van der Waals surface area contributed by atoms with Crippen LogP contribution in [0.15, 0.2) is 0 Å². The quantitative estimate of drug-likeness (QED) is 0.197. The predicted octanol–water partition coefficient (Wildman–Crippen LogP) is -1.75. The number of hydrogen-bond donors (Lipinski definition) is 2. The molecule has 2 heterocycles. The molecule has 2 N–H and O–H groups in total. The van der Waals surface area contributed by atoms with Crippen LogP contribution in [0.4, 0.5) is 0 Å². The summed E-state index contributed by atoms with van der Waals surface area (Å²) in [6.07, 6.45) is -12.9. The smallest absolute Gasteiger partial charge is 0.303 e. The molecular weight excluding hydrogens is 570 g/mol. The van der Waals surface area contributed by atoms with Gasteiger partial charge in [0.15, 0.2) is 37.0 Å². The normalized spacial score (nSPS) is 32.6. The van der Waals surface area contributed by atoms with Crippen LogP contribution >= 0.6 is 0 Å². The molecule has 0 aromatic heterocycles. The molecule has 42 heavy (non-hydrogen) atoms. The first-order valence-corrected chi connectivity index (χ1v) is 12.9. The van der Waals surface area contributed by atoms with Gasteiger partial charge in [-0.2, -0.15) is 0 Å². The second-order valence-corrected chi connectivity index (χ2v) is 9.43. The topological polar surface area (TPSA) is 218 Å². The van der Waals surface area contributed by atoms with E-state index < -0.39 is 110 Å². The summed E-state index contributed by atoms with van der Waals surface area (Å²) < 4.78 is 49.8. The Morgan fingerprint density at radius 3 is 1.62 bits per heavy atom. The lowest BCUT2D eigenvalue weighted by molar-refractivity contribution is -0.349. The van der Waals surface area contributed by atoms with Gasteiger partial charge in [0, 0.05) is 48.7 Å². The molecule has 0 radical (unpaired) electrons. The maximum atomic E-state index is 12.2. The van der Waals surface area contributed by atoms with Crippen molar-refractivity contribution in [3.8, 4) is 0 Å². The molecule has 0 bridgehead atoms. The molecule has 0 aromatic carbocycles. The lowest BCUT2D eigenvalue weighted by Crippen LogP contribution is -2.69. The number of carbonyl (C=O) groups excluding carboxylic acids is 6. The van der Waals surface area contributed by atoms with Crippen LogP contribution in [0.1, 0.15) is 41.5 Å². The number of esters is 5. The summed E-state index contributed by atoms with van der Waals surface area (Å²) in [6, 6.07) is -1.17. The summed E-state index contributed by atoms with van der Waals surface area (Å²) >= 11 is 0. The third-order valence-electron chi connectivity index (χ3n) is 5.97. The number of amides is 1. The largest absolute Gasteiger partial charge is 0.463 e. The van der Waals surface area contributed by atoms with E-state index in [-0.39, 0.29) is 0 Å². The number of hydrogen-bond acceptors (Lipinski definition) is 16. The Balaban J connectivity index is 2.63. The number of nitrogens with one attached hydrogen (secondary N) is 1. The van der Waals surface area contributed by atoms with Crippen molar-refractivity contribution in [3.63, 3.8) is 0 Å². The Bertz CT molecular complexity index is 1000. The first-order chi connectivity index (χ1) is 19.7. The van der Waals surface area contributed by atoms with Gasteiger partial charge in [-0.15, -0.1) is 0 Å². The van der Waals surface area contributed by atoms with Crippen LogP contribution in [0.2, 0.25) is 0 Å². The summed E-state index contributed by atoms with van der Waals surface area (Å²) in [7, 11) is 1.26. The highest BCUT2D eigenvalue weighted by atomic mass is 16.8. The Hall–Kier alpha value is -3.38. The summed E-state index contributed by atoms with van der Waals surface area (Å²) in [5, 5.41) is 12.6. The van der Waals surface area contributed by atoms with Crippen molar-refractivity contribution >= 4 is 35.8 Å². The SMILES string of the molecule is CO[C@@H]1O[C@H](COC(C)=O)[C@@H](O[C@@H]2O[C@H](CO)[C@H](OC(C)=O)[C@H](OC(C)=O)[C@H]2OC(C)=O)[C@H](OC(C)=O)[C@H]1NC(C)=O. The number of methoxy groups -OCH3 is 1. The fourth-order valence-corrected chi connectivity index (χ4v) is 4.59. The highest BCUT2D eigenvalue weighted by Crippen LogP contribution is 2.34. The van der Waals surface area contributed by atoms with Crippen molar-refractivity contribution in [3.05, 3.63) is 0 Å². The Morgan fingerprint density at radius 1 is 0.643 bits per heavy atom. The zero-order valence-corrected chi connectivity index (χ0v) is 24.3. The van der Waals surface area contributed by atoms with E-state index in [0.717, 1.165) is 34.6 Å². The van der Waals surface area contributed by atoms with Crippen LogP contribution in [0.25, 0.3) is 0 Å². The van der Waals surface area contributed by atoms with E-state index in [2.05, 4.69) is 5.32 Å².